The van der Waals surface area contributed by atoms with Gasteiger partial charge >= 0.3 is 0 Å². The maximum absolute atomic E-state index is 12.3. The van der Waals surface area contributed by atoms with Crippen LogP contribution in [-0.4, -0.2) is 30.8 Å². The number of hydrogen-bond donors (Lipinski definition) is 1. The average Bonchev–Trinajstić information content (AvgIpc) is 3.01. The molecule has 3 aromatic rings. The lowest BCUT2D eigenvalue weighted by Crippen LogP contribution is -2.00. The summed E-state index contributed by atoms with van der Waals surface area (Å²) in [6.07, 6.45) is 0. The van der Waals surface area contributed by atoms with Crippen LogP contribution < -0.4 is 9.47 Å². The first-order valence-corrected chi connectivity index (χ1v) is 7.87. The van der Waals surface area contributed by atoms with Gasteiger partial charge in [-0.05, 0) is 12.5 Å². The van der Waals surface area contributed by atoms with E-state index in [4.69, 9.17) is 9.47 Å². The molecule has 0 atom stereocenters. The van der Waals surface area contributed by atoms with Crippen LogP contribution in [0.4, 0.5) is 0 Å². The van der Waals surface area contributed by atoms with Crippen molar-refractivity contribution in [2.45, 2.75) is 13.8 Å². The van der Waals surface area contributed by atoms with E-state index in [1.54, 1.807) is 13.2 Å². The van der Waals surface area contributed by atoms with Crippen molar-refractivity contribution >= 4 is 22.5 Å². The second-order valence-corrected chi connectivity index (χ2v) is 5.76. The Hall–Kier alpha value is -3.08. The number of fused-ring (bicyclic) bond motifs is 1. The van der Waals surface area contributed by atoms with Crippen molar-refractivity contribution < 1.29 is 19.1 Å². The number of carbonyl (C=O) groups is 2. The van der Waals surface area contributed by atoms with Crippen LogP contribution >= 0.6 is 0 Å². The fourth-order valence-corrected chi connectivity index (χ4v) is 3.15. The number of benzene rings is 2. The summed E-state index contributed by atoms with van der Waals surface area (Å²) in [5.74, 6) is 0.679. The maximum Gasteiger partial charge on any atom is 0.176 e. The second-order valence-electron chi connectivity index (χ2n) is 5.76. The summed E-state index contributed by atoms with van der Waals surface area (Å²) in [7, 11) is 3.05. The van der Waals surface area contributed by atoms with Crippen LogP contribution in [0.2, 0.25) is 0 Å². The van der Waals surface area contributed by atoms with Crippen molar-refractivity contribution in [3.8, 4) is 22.6 Å². The summed E-state index contributed by atoms with van der Waals surface area (Å²) in [4.78, 5) is 27.6. The lowest BCUT2D eigenvalue weighted by atomic mass is 9.97. The van der Waals surface area contributed by atoms with E-state index in [1.165, 1.54) is 21.0 Å². The molecule has 0 amide bonds. The van der Waals surface area contributed by atoms with Crippen LogP contribution in [-0.2, 0) is 0 Å². The van der Waals surface area contributed by atoms with Crippen LogP contribution in [0.15, 0.2) is 36.4 Å². The maximum atomic E-state index is 12.3. The number of aromatic amines is 1. The van der Waals surface area contributed by atoms with Gasteiger partial charge in [-0.15, -0.1) is 0 Å². The van der Waals surface area contributed by atoms with Crippen LogP contribution in [0.1, 0.15) is 34.7 Å². The normalized spacial score (nSPS) is 10.7. The number of methoxy groups -OCH3 is 2. The number of nitrogens with one attached hydrogen (secondary N) is 1. The van der Waals surface area contributed by atoms with E-state index < -0.39 is 0 Å². The molecule has 0 saturated carbocycles. The fourth-order valence-electron chi connectivity index (χ4n) is 3.15. The highest BCUT2D eigenvalue weighted by Crippen LogP contribution is 2.43. The van der Waals surface area contributed by atoms with E-state index in [0.29, 0.717) is 33.7 Å². The van der Waals surface area contributed by atoms with Gasteiger partial charge in [0.15, 0.2) is 11.6 Å². The molecule has 128 valence electrons. The molecule has 1 aromatic heterocycles. The zero-order valence-corrected chi connectivity index (χ0v) is 14.6. The Labute approximate surface area is 145 Å². The van der Waals surface area contributed by atoms with Gasteiger partial charge in [0.1, 0.15) is 11.5 Å². The monoisotopic (exact) mass is 337 g/mol. The van der Waals surface area contributed by atoms with Gasteiger partial charge in [0.25, 0.3) is 0 Å². The average molecular weight is 337 g/mol. The van der Waals surface area contributed by atoms with Crippen molar-refractivity contribution in [3.63, 3.8) is 0 Å². The molecule has 0 spiro atoms. The minimum atomic E-state index is -0.152. The van der Waals surface area contributed by atoms with Crippen molar-refractivity contribution in [2.75, 3.05) is 14.2 Å². The van der Waals surface area contributed by atoms with E-state index in [9.17, 15) is 9.59 Å². The molecule has 0 aliphatic carbocycles. The van der Waals surface area contributed by atoms with E-state index >= 15 is 0 Å². The van der Waals surface area contributed by atoms with Gasteiger partial charge in [0, 0.05) is 18.6 Å². The molecule has 0 aliphatic rings. The van der Waals surface area contributed by atoms with E-state index in [2.05, 4.69) is 4.98 Å². The van der Waals surface area contributed by atoms with Crippen molar-refractivity contribution in [1.29, 1.82) is 0 Å². The van der Waals surface area contributed by atoms with Gasteiger partial charge in [0.2, 0.25) is 0 Å². The SMILES string of the molecule is COc1cc(OC)c2c(-c3ccccc3)c(C(C)=O)[nH]c2c1C(C)=O. The Kier molecular flexibility index (Phi) is 4.31. The second kappa shape index (κ2) is 6.43. The summed E-state index contributed by atoms with van der Waals surface area (Å²) in [6.45, 7) is 2.97. The molecule has 0 unspecified atom stereocenters. The molecule has 0 aliphatic heterocycles. The number of hydrogen-bond acceptors (Lipinski definition) is 4. The third-order valence-corrected chi connectivity index (χ3v) is 4.21. The Morgan fingerprint density at radius 2 is 1.56 bits per heavy atom. The smallest absolute Gasteiger partial charge is 0.176 e. The lowest BCUT2D eigenvalue weighted by molar-refractivity contribution is 0.100. The highest BCUT2D eigenvalue weighted by Gasteiger charge is 2.25. The van der Waals surface area contributed by atoms with Gasteiger partial charge in [0.05, 0.1) is 36.4 Å². The standard InChI is InChI=1S/C20H19NO4/c1-11(22)16-14(24-3)10-15(25-4)18-17(13-8-6-5-7-9-13)19(12(2)23)21-20(16)18/h5-10,21H,1-4H3. The first kappa shape index (κ1) is 16.8. The quantitative estimate of drug-likeness (QED) is 0.706. The number of carbonyl (C=O) groups excluding carboxylic acids is 2. The van der Waals surface area contributed by atoms with E-state index in [0.717, 1.165) is 11.1 Å². The van der Waals surface area contributed by atoms with E-state index in [-0.39, 0.29) is 11.6 Å². The van der Waals surface area contributed by atoms with Crippen molar-refractivity contribution in [3.05, 3.63) is 47.7 Å². The van der Waals surface area contributed by atoms with Crippen molar-refractivity contribution in [2.24, 2.45) is 0 Å². The van der Waals surface area contributed by atoms with E-state index in [1.807, 2.05) is 30.3 Å². The van der Waals surface area contributed by atoms with Crippen LogP contribution in [0.3, 0.4) is 0 Å². The zero-order chi connectivity index (χ0) is 18.1. The topological polar surface area (TPSA) is 68.4 Å². The molecular formula is C20H19NO4. The Bertz CT molecular complexity index is 971. The molecule has 0 radical (unpaired) electrons. The predicted molar refractivity (Wildman–Crippen MR) is 96.8 cm³/mol. The first-order chi connectivity index (χ1) is 12.0. The molecule has 2 aromatic carbocycles. The minimum Gasteiger partial charge on any atom is -0.496 e. The molecule has 0 bridgehead atoms. The molecule has 25 heavy (non-hydrogen) atoms. The predicted octanol–water partition coefficient (Wildman–Crippen LogP) is 4.26. The van der Waals surface area contributed by atoms with Crippen LogP contribution in [0.5, 0.6) is 11.5 Å². The number of aromatic nitrogens is 1. The molecule has 1 N–H and O–H groups in total. The van der Waals surface area contributed by atoms with Gasteiger partial charge in [-0.1, -0.05) is 30.3 Å². The number of ketones is 2. The molecule has 0 fully saturated rings. The van der Waals surface area contributed by atoms with Crippen molar-refractivity contribution in [1.82, 2.24) is 4.98 Å². The third-order valence-electron chi connectivity index (χ3n) is 4.21. The number of Topliss-reactive ketones (excluding diaryl/α,β-unsaturated/α-hetero) is 2. The van der Waals surface area contributed by atoms with Gasteiger partial charge < -0.3 is 14.5 Å². The third kappa shape index (κ3) is 2.67. The number of H-pyrrole nitrogens is 1. The molecule has 5 nitrogen and oxygen atoms in total. The highest BCUT2D eigenvalue weighted by molar-refractivity contribution is 6.18. The fraction of sp³-hybridized carbons (Fsp3) is 0.200. The summed E-state index contributed by atoms with van der Waals surface area (Å²) >= 11 is 0. The van der Waals surface area contributed by atoms with Crippen LogP contribution in [0, 0.1) is 0 Å². The lowest BCUT2D eigenvalue weighted by Gasteiger charge is -2.12. The largest absolute Gasteiger partial charge is 0.496 e. The molecule has 0 saturated heterocycles. The Morgan fingerprint density at radius 1 is 0.920 bits per heavy atom. The summed E-state index contributed by atoms with van der Waals surface area (Å²) in [5, 5.41) is 0.699. The van der Waals surface area contributed by atoms with Crippen LogP contribution in [0.25, 0.3) is 22.0 Å². The zero-order valence-electron chi connectivity index (χ0n) is 14.6. The molecule has 5 heteroatoms. The number of rotatable bonds is 5. The highest BCUT2D eigenvalue weighted by atomic mass is 16.5. The Balaban J connectivity index is 2.54. The minimum absolute atomic E-state index is 0.120. The number of ether oxygens (including phenoxy) is 2. The van der Waals surface area contributed by atoms with Gasteiger partial charge in [-0.25, -0.2) is 0 Å². The molecule has 3 rings (SSSR count). The summed E-state index contributed by atoms with van der Waals surface area (Å²) < 4.78 is 10.9. The summed E-state index contributed by atoms with van der Waals surface area (Å²) in [6, 6.07) is 11.2. The van der Waals surface area contributed by atoms with Gasteiger partial charge in [-0.3, -0.25) is 9.59 Å². The van der Waals surface area contributed by atoms with Gasteiger partial charge in [-0.2, -0.15) is 0 Å². The Morgan fingerprint density at radius 3 is 2.08 bits per heavy atom. The summed E-state index contributed by atoms with van der Waals surface area (Å²) in [5.41, 5.74) is 2.99. The molecular weight excluding hydrogens is 318 g/mol. The molecule has 1 heterocycles. The first-order valence-electron chi connectivity index (χ1n) is 7.87.